The Kier molecular flexibility index (Phi) is 6.29. The highest BCUT2D eigenvalue weighted by Gasteiger charge is 2.08. The van der Waals surface area contributed by atoms with Crippen molar-refractivity contribution in [3.63, 3.8) is 0 Å². The van der Waals surface area contributed by atoms with E-state index >= 15 is 0 Å². The first-order valence-electron chi connectivity index (χ1n) is 9.68. The molecule has 0 N–H and O–H groups in total. The lowest BCUT2D eigenvalue weighted by Crippen LogP contribution is -2.02. The molecule has 0 amide bonds. The largest absolute Gasteiger partial charge is 0.493 e. The van der Waals surface area contributed by atoms with Gasteiger partial charge in [0, 0.05) is 0 Å². The van der Waals surface area contributed by atoms with Gasteiger partial charge in [0.2, 0.25) is 0 Å². The van der Waals surface area contributed by atoms with Crippen LogP contribution in [0.3, 0.4) is 0 Å². The molecule has 4 rings (SSSR count). The minimum Gasteiger partial charge on any atom is -0.493 e. The Hall–Kier alpha value is -3.64. The highest BCUT2D eigenvalue weighted by Crippen LogP contribution is 2.30. The SMILES string of the molecule is COC(=O)c1ccc(COc2ccc(/C=C/c3nc4ccccc4s3)cc2OC)cc1. The van der Waals surface area contributed by atoms with Crippen molar-refractivity contribution in [2.24, 2.45) is 0 Å². The molecule has 0 unspecified atom stereocenters. The molecule has 0 saturated heterocycles. The molecule has 156 valence electrons. The van der Waals surface area contributed by atoms with Gasteiger partial charge in [0.15, 0.2) is 11.5 Å². The zero-order valence-electron chi connectivity index (χ0n) is 17.2. The van der Waals surface area contributed by atoms with Crippen molar-refractivity contribution in [2.45, 2.75) is 6.61 Å². The third-order valence-electron chi connectivity index (χ3n) is 4.69. The van der Waals surface area contributed by atoms with Gasteiger partial charge in [0.05, 0.1) is 30.0 Å². The molecular formula is C25H21NO4S. The van der Waals surface area contributed by atoms with Crippen molar-refractivity contribution in [1.82, 2.24) is 4.98 Å². The predicted molar refractivity (Wildman–Crippen MR) is 124 cm³/mol. The minimum absolute atomic E-state index is 0.358. The maximum absolute atomic E-state index is 11.5. The van der Waals surface area contributed by atoms with E-state index in [0.717, 1.165) is 21.7 Å². The lowest BCUT2D eigenvalue weighted by molar-refractivity contribution is 0.0600. The number of esters is 1. The molecule has 1 aromatic heterocycles. The molecule has 3 aromatic carbocycles. The van der Waals surface area contributed by atoms with Gasteiger partial charge < -0.3 is 14.2 Å². The lowest BCUT2D eigenvalue weighted by atomic mass is 10.1. The van der Waals surface area contributed by atoms with Crippen LogP contribution in [0.1, 0.15) is 26.5 Å². The van der Waals surface area contributed by atoms with Crippen LogP contribution in [0.2, 0.25) is 0 Å². The van der Waals surface area contributed by atoms with Gasteiger partial charge in [-0.25, -0.2) is 9.78 Å². The van der Waals surface area contributed by atoms with Gasteiger partial charge in [0.1, 0.15) is 11.6 Å². The van der Waals surface area contributed by atoms with Crippen molar-refractivity contribution in [3.05, 3.63) is 88.4 Å². The van der Waals surface area contributed by atoms with Crippen molar-refractivity contribution in [1.29, 1.82) is 0 Å². The normalized spacial score (nSPS) is 11.0. The Bertz CT molecular complexity index is 1190. The summed E-state index contributed by atoms with van der Waals surface area (Å²) in [6, 6.07) is 21.0. The van der Waals surface area contributed by atoms with Crippen LogP contribution in [-0.2, 0) is 11.3 Å². The first kappa shape index (κ1) is 20.6. The first-order chi connectivity index (χ1) is 15.2. The standard InChI is InChI=1S/C25H21NO4S/c1-28-22-15-17(10-14-24-26-20-5-3-4-6-23(20)31-24)9-13-21(22)30-16-18-7-11-19(12-8-18)25(27)29-2/h3-15H,16H2,1-2H3/b14-10+. The molecule has 1 heterocycles. The number of thiazole rings is 1. The fourth-order valence-electron chi connectivity index (χ4n) is 3.05. The zero-order valence-corrected chi connectivity index (χ0v) is 18.0. The van der Waals surface area contributed by atoms with Crippen LogP contribution in [0.5, 0.6) is 11.5 Å². The number of hydrogen-bond donors (Lipinski definition) is 0. The molecule has 6 heteroatoms. The lowest BCUT2D eigenvalue weighted by Gasteiger charge is -2.11. The minimum atomic E-state index is -0.358. The monoisotopic (exact) mass is 431 g/mol. The molecular weight excluding hydrogens is 410 g/mol. The molecule has 0 fully saturated rings. The van der Waals surface area contributed by atoms with Crippen LogP contribution in [0.4, 0.5) is 0 Å². The summed E-state index contributed by atoms with van der Waals surface area (Å²) in [5.74, 6) is 0.943. The fourth-order valence-corrected chi connectivity index (χ4v) is 3.92. The van der Waals surface area contributed by atoms with Gasteiger partial charge >= 0.3 is 5.97 Å². The van der Waals surface area contributed by atoms with E-state index < -0.39 is 0 Å². The molecule has 0 spiro atoms. The van der Waals surface area contributed by atoms with Crippen molar-refractivity contribution in [3.8, 4) is 11.5 Å². The number of nitrogens with zero attached hydrogens (tertiary/aromatic N) is 1. The molecule has 0 aliphatic heterocycles. The molecule has 31 heavy (non-hydrogen) atoms. The van der Waals surface area contributed by atoms with Gasteiger partial charge in [-0.15, -0.1) is 11.3 Å². The molecule has 5 nitrogen and oxygen atoms in total. The van der Waals surface area contributed by atoms with E-state index in [0.29, 0.717) is 23.7 Å². The van der Waals surface area contributed by atoms with Gasteiger partial charge in [-0.3, -0.25) is 0 Å². The molecule has 0 atom stereocenters. The van der Waals surface area contributed by atoms with Crippen LogP contribution in [-0.4, -0.2) is 25.2 Å². The van der Waals surface area contributed by atoms with E-state index in [1.807, 2.05) is 60.7 Å². The molecule has 0 bridgehead atoms. The molecule has 0 radical (unpaired) electrons. The molecule has 0 aliphatic carbocycles. The van der Waals surface area contributed by atoms with Gasteiger partial charge in [-0.05, 0) is 53.6 Å². The summed E-state index contributed by atoms with van der Waals surface area (Å²) in [6.45, 7) is 0.360. The summed E-state index contributed by atoms with van der Waals surface area (Å²) in [6.07, 6.45) is 4.01. The third-order valence-corrected chi connectivity index (χ3v) is 5.69. The second-order valence-electron chi connectivity index (χ2n) is 6.74. The van der Waals surface area contributed by atoms with Gasteiger partial charge in [0.25, 0.3) is 0 Å². The highest BCUT2D eigenvalue weighted by atomic mass is 32.1. The Balaban J connectivity index is 1.44. The highest BCUT2D eigenvalue weighted by molar-refractivity contribution is 7.19. The quantitative estimate of drug-likeness (QED) is 0.344. The van der Waals surface area contributed by atoms with E-state index in [1.165, 1.54) is 11.8 Å². The average molecular weight is 432 g/mol. The van der Waals surface area contributed by atoms with Crippen molar-refractivity contribution < 1.29 is 19.0 Å². The predicted octanol–water partition coefficient (Wildman–Crippen LogP) is 5.84. The number of para-hydroxylation sites is 1. The van der Waals surface area contributed by atoms with Crippen molar-refractivity contribution >= 4 is 39.7 Å². The Morgan fingerprint density at radius 3 is 2.52 bits per heavy atom. The number of methoxy groups -OCH3 is 2. The Morgan fingerprint density at radius 2 is 1.77 bits per heavy atom. The average Bonchev–Trinajstić information content (AvgIpc) is 3.24. The van der Waals surface area contributed by atoms with E-state index in [2.05, 4.69) is 11.1 Å². The summed E-state index contributed by atoms with van der Waals surface area (Å²) in [5.41, 5.74) is 3.45. The van der Waals surface area contributed by atoms with Crippen LogP contribution in [0.25, 0.3) is 22.4 Å². The van der Waals surface area contributed by atoms with Crippen LogP contribution in [0.15, 0.2) is 66.7 Å². The maximum atomic E-state index is 11.5. The molecule has 0 saturated carbocycles. The van der Waals surface area contributed by atoms with Gasteiger partial charge in [-0.1, -0.05) is 36.4 Å². The second kappa shape index (κ2) is 9.45. The summed E-state index contributed by atoms with van der Waals surface area (Å²) >= 11 is 1.66. The molecule has 4 aromatic rings. The Labute approximate surface area is 184 Å². The van der Waals surface area contributed by atoms with E-state index in [9.17, 15) is 4.79 Å². The summed E-state index contributed by atoms with van der Waals surface area (Å²) in [5, 5.41) is 0.955. The van der Waals surface area contributed by atoms with Crippen LogP contribution < -0.4 is 9.47 Å². The van der Waals surface area contributed by atoms with Crippen molar-refractivity contribution in [2.75, 3.05) is 14.2 Å². The number of fused-ring (bicyclic) bond motifs is 1. The first-order valence-corrected chi connectivity index (χ1v) is 10.5. The van der Waals surface area contributed by atoms with E-state index in [1.54, 1.807) is 30.6 Å². The number of ether oxygens (including phenoxy) is 3. The number of benzene rings is 3. The number of rotatable bonds is 7. The third kappa shape index (κ3) is 4.92. The molecule has 0 aliphatic rings. The number of hydrogen-bond acceptors (Lipinski definition) is 6. The smallest absolute Gasteiger partial charge is 0.337 e. The number of aromatic nitrogens is 1. The summed E-state index contributed by atoms with van der Waals surface area (Å²) in [7, 11) is 2.98. The Morgan fingerprint density at radius 1 is 0.968 bits per heavy atom. The number of carbonyl (C=O) groups excluding carboxylic acids is 1. The van der Waals surface area contributed by atoms with Crippen LogP contribution in [0, 0.1) is 0 Å². The fraction of sp³-hybridized carbons (Fsp3) is 0.120. The topological polar surface area (TPSA) is 57.7 Å². The maximum Gasteiger partial charge on any atom is 0.337 e. The zero-order chi connectivity index (χ0) is 21.6. The summed E-state index contributed by atoms with van der Waals surface area (Å²) in [4.78, 5) is 16.2. The van der Waals surface area contributed by atoms with E-state index in [-0.39, 0.29) is 5.97 Å². The van der Waals surface area contributed by atoms with Crippen LogP contribution >= 0.6 is 11.3 Å². The number of carbonyl (C=O) groups is 1. The van der Waals surface area contributed by atoms with Gasteiger partial charge in [-0.2, -0.15) is 0 Å². The van der Waals surface area contributed by atoms with E-state index in [4.69, 9.17) is 14.2 Å². The summed E-state index contributed by atoms with van der Waals surface area (Å²) < 4.78 is 17.3. The second-order valence-corrected chi connectivity index (χ2v) is 7.80.